The van der Waals surface area contributed by atoms with E-state index in [2.05, 4.69) is 0 Å². The van der Waals surface area contributed by atoms with Gasteiger partial charge in [0.15, 0.2) is 0 Å². The first-order chi connectivity index (χ1) is 9.32. The van der Waals surface area contributed by atoms with Crippen LogP contribution in [-0.4, -0.2) is 24.0 Å². The first-order valence-electron chi connectivity index (χ1n) is 6.70. The first-order valence-corrected chi connectivity index (χ1v) is 6.70. The van der Waals surface area contributed by atoms with Crippen molar-refractivity contribution in [1.29, 1.82) is 0 Å². The smallest absolute Gasteiger partial charge is 0.326 e. The van der Waals surface area contributed by atoms with Gasteiger partial charge < -0.3 is 5.73 Å². The summed E-state index contributed by atoms with van der Waals surface area (Å²) in [7, 11) is 0. The number of rotatable bonds is 2. The lowest BCUT2D eigenvalue weighted by molar-refractivity contribution is -0.137. The molecule has 1 fully saturated rings. The highest BCUT2D eigenvalue weighted by Crippen LogP contribution is 2.35. The maximum atomic E-state index is 13.5. The molecule has 2 nitrogen and oxygen atoms in total. The Morgan fingerprint density at radius 3 is 2.60 bits per heavy atom. The molecule has 1 aliphatic heterocycles. The zero-order chi connectivity index (χ0) is 14.9. The Morgan fingerprint density at radius 1 is 1.30 bits per heavy atom. The Kier molecular flexibility index (Phi) is 4.34. The lowest BCUT2D eigenvalue weighted by Gasteiger charge is -2.39. The van der Waals surface area contributed by atoms with Gasteiger partial charge in [0, 0.05) is 12.1 Å². The second-order valence-electron chi connectivity index (χ2n) is 5.15. The van der Waals surface area contributed by atoms with Crippen LogP contribution in [0.2, 0.25) is 0 Å². The van der Waals surface area contributed by atoms with Crippen molar-refractivity contribution in [1.82, 2.24) is 4.90 Å². The third-order valence-electron chi connectivity index (χ3n) is 3.78. The van der Waals surface area contributed by atoms with E-state index in [0.29, 0.717) is 18.2 Å². The fraction of sp³-hybridized carbons (Fsp3) is 0.571. The molecule has 1 heterocycles. The molecular weight excluding hydrogens is 272 g/mol. The largest absolute Gasteiger partial charge is 0.416 e. The summed E-state index contributed by atoms with van der Waals surface area (Å²) in [6.45, 7) is 3.37. The predicted octanol–water partition coefficient (Wildman–Crippen LogP) is 3.33. The second kappa shape index (κ2) is 5.69. The van der Waals surface area contributed by atoms with Crippen LogP contribution in [-0.2, 0) is 6.18 Å². The highest BCUT2D eigenvalue weighted by Gasteiger charge is 2.34. The quantitative estimate of drug-likeness (QED) is 0.847. The van der Waals surface area contributed by atoms with Gasteiger partial charge in [0.1, 0.15) is 5.82 Å². The van der Waals surface area contributed by atoms with Crippen LogP contribution in [0.3, 0.4) is 0 Å². The third-order valence-corrected chi connectivity index (χ3v) is 3.78. The van der Waals surface area contributed by atoms with Crippen molar-refractivity contribution in [2.24, 2.45) is 5.73 Å². The van der Waals surface area contributed by atoms with Crippen molar-refractivity contribution < 1.29 is 17.6 Å². The van der Waals surface area contributed by atoms with Gasteiger partial charge in [-0.25, -0.2) is 4.39 Å². The van der Waals surface area contributed by atoms with E-state index in [1.54, 1.807) is 0 Å². The summed E-state index contributed by atoms with van der Waals surface area (Å²) >= 11 is 0. The summed E-state index contributed by atoms with van der Waals surface area (Å²) in [6, 6.07) is 2.07. The number of piperidine rings is 1. The van der Waals surface area contributed by atoms with Crippen LogP contribution in [0.25, 0.3) is 0 Å². The van der Waals surface area contributed by atoms with Gasteiger partial charge in [-0.1, -0.05) is 6.92 Å². The van der Waals surface area contributed by atoms with Crippen LogP contribution < -0.4 is 5.73 Å². The number of hydrogen-bond donors (Lipinski definition) is 1. The maximum absolute atomic E-state index is 13.5. The average Bonchev–Trinajstić information content (AvgIpc) is 2.36. The van der Waals surface area contributed by atoms with Gasteiger partial charge in [0.25, 0.3) is 0 Å². The van der Waals surface area contributed by atoms with Crippen molar-refractivity contribution in [2.75, 3.05) is 13.1 Å². The highest BCUT2D eigenvalue weighted by atomic mass is 19.4. The van der Waals surface area contributed by atoms with E-state index in [1.807, 2.05) is 11.8 Å². The molecule has 112 valence electrons. The lowest BCUT2D eigenvalue weighted by atomic mass is 9.90. The van der Waals surface area contributed by atoms with E-state index in [0.717, 1.165) is 31.5 Å². The van der Waals surface area contributed by atoms with Crippen molar-refractivity contribution in [2.45, 2.75) is 38.0 Å². The number of nitrogens with zero attached hydrogens (tertiary/aromatic N) is 1. The molecule has 0 saturated carbocycles. The van der Waals surface area contributed by atoms with Crippen LogP contribution in [0.4, 0.5) is 17.6 Å². The number of nitrogens with two attached hydrogens (primary N) is 1. The molecule has 0 spiro atoms. The normalized spacial score (nSPS) is 24.9. The molecule has 1 aliphatic rings. The van der Waals surface area contributed by atoms with E-state index in [4.69, 9.17) is 5.73 Å². The number of halogens is 4. The molecular formula is C14H18F4N2. The van der Waals surface area contributed by atoms with Gasteiger partial charge in [-0.3, -0.25) is 4.90 Å². The summed E-state index contributed by atoms with van der Waals surface area (Å²) in [6.07, 6.45) is -2.90. The van der Waals surface area contributed by atoms with Crippen LogP contribution in [0.5, 0.6) is 0 Å². The minimum Gasteiger partial charge on any atom is -0.326 e. The topological polar surface area (TPSA) is 29.3 Å². The minimum absolute atomic E-state index is 0.272. The molecule has 6 heteroatoms. The van der Waals surface area contributed by atoms with E-state index in [9.17, 15) is 17.6 Å². The Labute approximate surface area is 115 Å². The van der Waals surface area contributed by atoms with Crippen molar-refractivity contribution >= 4 is 0 Å². The second-order valence-corrected chi connectivity index (χ2v) is 5.15. The van der Waals surface area contributed by atoms with Crippen LogP contribution in [0.1, 0.15) is 36.9 Å². The molecule has 1 saturated heterocycles. The molecule has 2 rings (SSSR count). The van der Waals surface area contributed by atoms with Crippen LogP contribution >= 0.6 is 0 Å². The zero-order valence-electron chi connectivity index (χ0n) is 11.3. The van der Waals surface area contributed by atoms with Gasteiger partial charge in [-0.2, -0.15) is 13.2 Å². The van der Waals surface area contributed by atoms with Gasteiger partial charge >= 0.3 is 6.18 Å². The van der Waals surface area contributed by atoms with Crippen molar-refractivity contribution in [3.63, 3.8) is 0 Å². The molecule has 0 bridgehead atoms. The molecule has 1 aromatic rings. The fourth-order valence-corrected chi connectivity index (χ4v) is 2.86. The molecule has 0 aromatic heterocycles. The first kappa shape index (κ1) is 15.3. The van der Waals surface area contributed by atoms with Crippen LogP contribution in [0.15, 0.2) is 18.2 Å². The predicted molar refractivity (Wildman–Crippen MR) is 68.6 cm³/mol. The standard InChI is InChI=1S/C14H18F4N2/c1-2-20-5-3-4-12(19)13(20)9-6-10(14(16,17)18)8-11(15)7-9/h6-8,12-13H,2-5,19H2,1H3. The van der Waals surface area contributed by atoms with Crippen molar-refractivity contribution in [3.05, 3.63) is 35.1 Å². The lowest BCUT2D eigenvalue weighted by Crippen LogP contribution is -2.45. The molecule has 2 N–H and O–H groups in total. The Morgan fingerprint density at radius 2 is 2.00 bits per heavy atom. The molecule has 2 atom stereocenters. The monoisotopic (exact) mass is 290 g/mol. The van der Waals surface area contributed by atoms with Gasteiger partial charge in [0.2, 0.25) is 0 Å². The minimum atomic E-state index is -4.55. The highest BCUT2D eigenvalue weighted by molar-refractivity contribution is 5.30. The molecule has 0 aliphatic carbocycles. The summed E-state index contributed by atoms with van der Waals surface area (Å²) in [5.41, 5.74) is 5.40. The van der Waals surface area contributed by atoms with E-state index in [1.165, 1.54) is 0 Å². The van der Waals surface area contributed by atoms with Gasteiger partial charge in [-0.05, 0) is 49.7 Å². The summed E-state index contributed by atoms with van der Waals surface area (Å²) in [4.78, 5) is 2.00. The maximum Gasteiger partial charge on any atom is 0.416 e. The zero-order valence-corrected chi connectivity index (χ0v) is 11.3. The van der Waals surface area contributed by atoms with Gasteiger partial charge in [0.05, 0.1) is 5.56 Å². The summed E-state index contributed by atoms with van der Waals surface area (Å²) < 4.78 is 51.9. The summed E-state index contributed by atoms with van der Waals surface area (Å²) in [5, 5.41) is 0. The number of likely N-dealkylation sites (tertiary alicyclic amines) is 1. The molecule has 0 amide bonds. The number of alkyl halides is 3. The molecule has 2 unspecified atom stereocenters. The third kappa shape index (κ3) is 3.12. The van der Waals surface area contributed by atoms with E-state index in [-0.39, 0.29) is 12.1 Å². The Balaban J connectivity index is 2.42. The molecule has 20 heavy (non-hydrogen) atoms. The molecule has 1 aromatic carbocycles. The van der Waals surface area contributed by atoms with Crippen molar-refractivity contribution in [3.8, 4) is 0 Å². The number of benzene rings is 1. The number of likely N-dealkylation sites (N-methyl/N-ethyl adjacent to an activating group) is 1. The van der Waals surface area contributed by atoms with E-state index >= 15 is 0 Å². The fourth-order valence-electron chi connectivity index (χ4n) is 2.86. The number of hydrogen-bond acceptors (Lipinski definition) is 2. The SMILES string of the molecule is CCN1CCCC(N)C1c1cc(F)cc(C(F)(F)F)c1. The van der Waals surface area contributed by atoms with Crippen LogP contribution in [0, 0.1) is 5.82 Å². The average molecular weight is 290 g/mol. The summed E-state index contributed by atoms with van der Waals surface area (Å²) in [5.74, 6) is -0.872. The molecule has 0 radical (unpaired) electrons. The Bertz CT molecular complexity index is 473. The van der Waals surface area contributed by atoms with Gasteiger partial charge in [-0.15, -0.1) is 0 Å². The Hall–Kier alpha value is -1.14. The van der Waals surface area contributed by atoms with E-state index < -0.39 is 17.6 Å².